The van der Waals surface area contributed by atoms with Crippen LogP contribution < -0.4 is 5.32 Å². The molecule has 0 aliphatic carbocycles. The average Bonchev–Trinajstić information content (AvgIpc) is 2.39. The molecule has 3 nitrogen and oxygen atoms in total. The van der Waals surface area contributed by atoms with Gasteiger partial charge in [-0.25, -0.2) is 0 Å². The van der Waals surface area contributed by atoms with E-state index < -0.39 is 0 Å². The molecule has 1 amide bonds. The molecule has 1 aromatic rings. The lowest BCUT2D eigenvalue weighted by Gasteiger charge is -2.24. The van der Waals surface area contributed by atoms with Gasteiger partial charge in [-0.2, -0.15) is 11.8 Å². The maximum absolute atomic E-state index is 12.3. The van der Waals surface area contributed by atoms with E-state index in [0.717, 1.165) is 29.1 Å². The number of hydrogen-bond acceptors (Lipinski definition) is 3. The summed E-state index contributed by atoms with van der Waals surface area (Å²) in [6.45, 7) is 6.90. The van der Waals surface area contributed by atoms with Crippen molar-refractivity contribution in [2.45, 2.75) is 26.8 Å². The quantitative estimate of drug-likeness (QED) is 0.869. The van der Waals surface area contributed by atoms with Crippen LogP contribution in [0.25, 0.3) is 0 Å². The molecule has 1 atom stereocenters. The van der Waals surface area contributed by atoms with Crippen LogP contribution >= 0.6 is 11.8 Å². The first kappa shape index (κ1) is 16.1. The number of hydrogen-bond donors (Lipinski definition) is 1. The molecule has 106 valence electrons. The number of amides is 1. The fraction of sp³-hybridized carbons (Fsp3) is 0.533. The standard InChI is InChI=1S/C15H24N2OS/c1-11-7-6-8-12(2)14(11)16-15(18)13(3)17(4)9-10-19-5/h6-8,13H,9-10H2,1-5H3,(H,16,18)/t13-/m1/s1. The van der Waals surface area contributed by atoms with Crippen LogP contribution in [-0.2, 0) is 4.79 Å². The number of carbonyl (C=O) groups excluding carboxylic acids is 1. The first-order chi connectivity index (χ1) is 8.97. The van der Waals surface area contributed by atoms with Gasteiger partial charge in [0.25, 0.3) is 0 Å². The lowest BCUT2D eigenvalue weighted by molar-refractivity contribution is -0.120. The zero-order valence-corrected chi connectivity index (χ0v) is 13.3. The van der Waals surface area contributed by atoms with E-state index >= 15 is 0 Å². The molecule has 0 aliphatic rings. The predicted octanol–water partition coefficient (Wildman–Crippen LogP) is 2.93. The third-order valence-electron chi connectivity index (χ3n) is 3.42. The van der Waals surface area contributed by atoms with Crippen molar-refractivity contribution in [3.05, 3.63) is 29.3 Å². The monoisotopic (exact) mass is 280 g/mol. The van der Waals surface area contributed by atoms with Gasteiger partial charge in [0.2, 0.25) is 5.91 Å². The minimum absolute atomic E-state index is 0.0565. The summed E-state index contributed by atoms with van der Waals surface area (Å²) in [6, 6.07) is 5.93. The number of likely N-dealkylation sites (N-methyl/N-ethyl adjacent to an activating group) is 1. The number of para-hydroxylation sites is 1. The first-order valence-corrected chi connectivity index (χ1v) is 7.93. The summed E-state index contributed by atoms with van der Waals surface area (Å²) in [7, 11) is 1.99. The topological polar surface area (TPSA) is 32.3 Å². The van der Waals surface area contributed by atoms with Gasteiger partial charge in [0.15, 0.2) is 0 Å². The van der Waals surface area contributed by atoms with Crippen LogP contribution in [0.3, 0.4) is 0 Å². The molecular weight excluding hydrogens is 256 g/mol. The second-order valence-corrected chi connectivity index (χ2v) is 5.89. The van der Waals surface area contributed by atoms with Crippen LogP contribution in [-0.4, -0.2) is 42.4 Å². The Morgan fingerprint density at radius 2 is 1.95 bits per heavy atom. The molecule has 0 aromatic heterocycles. The maximum atomic E-state index is 12.3. The Morgan fingerprint density at radius 1 is 1.37 bits per heavy atom. The Kier molecular flexibility index (Phi) is 6.38. The second kappa shape index (κ2) is 7.56. The SMILES string of the molecule is CSCCN(C)[C@H](C)C(=O)Nc1c(C)cccc1C. The number of benzene rings is 1. The van der Waals surface area contributed by atoms with E-state index in [1.165, 1.54) is 0 Å². The third-order valence-corrected chi connectivity index (χ3v) is 4.01. The van der Waals surface area contributed by atoms with Crippen LogP contribution in [0.15, 0.2) is 18.2 Å². The first-order valence-electron chi connectivity index (χ1n) is 6.53. The molecule has 4 heteroatoms. The molecule has 0 radical (unpaired) electrons. The normalized spacial score (nSPS) is 12.5. The molecule has 0 unspecified atom stereocenters. The Labute approximate surface area is 120 Å². The van der Waals surface area contributed by atoms with Crippen molar-refractivity contribution >= 4 is 23.4 Å². The fourth-order valence-electron chi connectivity index (χ4n) is 1.87. The highest BCUT2D eigenvalue weighted by atomic mass is 32.2. The van der Waals surface area contributed by atoms with Crippen LogP contribution in [0.5, 0.6) is 0 Å². The van der Waals surface area contributed by atoms with Gasteiger partial charge >= 0.3 is 0 Å². The summed E-state index contributed by atoms with van der Waals surface area (Å²) < 4.78 is 0. The molecule has 0 heterocycles. The summed E-state index contributed by atoms with van der Waals surface area (Å²) in [6.07, 6.45) is 2.08. The number of nitrogens with one attached hydrogen (secondary N) is 1. The molecule has 0 saturated heterocycles. The molecule has 0 aliphatic heterocycles. The summed E-state index contributed by atoms with van der Waals surface area (Å²) in [5.41, 5.74) is 3.15. The van der Waals surface area contributed by atoms with Crippen molar-refractivity contribution in [2.24, 2.45) is 0 Å². The third kappa shape index (κ3) is 4.55. The minimum atomic E-state index is -0.119. The van der Waals surface area contributed by atoms with Crippen LogP contribution in [0.1, 0.15) is 18.1 Å². The Morgan fingerprint density at radius 3 is 2.47 bits per heavy atom. The van der Waals surface area contributed by atoms with Gasteiger partial charge < -0.3 is 5.32 Å². The van der Waals surface area contributed by atoms with Gasteiger partial charge in [-0.15, -0.1) is 0 Å². The number of aryl methyl sites for hydroxylation is 2. The molecule has 1 rings (SSSR count). The van der Waals surface area contributed by atoms with E-state index in [9.17, 15) is 4.79 Å². The molecular formula is C15H24N2OS. The van der Waals surface area contributed by atoms with Crippen molar-refractivity contribution < 1.29 is 4.79 Å². The maximum Gasteiger partial charge on any atom is 0.241 e. The number of nitrogens with zero attached hydrogens (tertiary/aromatic N) is 1. The summed E-state index contributed by atoms with van der Waals surface area (Å²) in [5.74, 6) is 1.10. The van der Waals surface area contributed by atoms with E-state index in [1.54, 1.807) is 11.8 Å². The molecule has 0 saturated carbocycles. The van der Waals surface area contributed by atoms with Gasteiger partial charge in [0.05, 0.1) is 6.04 Å². The van der Waals surface area contributed by atoms with Gasteiger partial charge in [0, 0.05) is 18.0 Å². The van der Waals surface area contributed by atoms with Crippen molar-refractivity contribution in [2.75, 3.05) is 30.9 Å². The fourth-order valence-corrected chi connectivity index (χ4v) is 2.34. The van der Waals surface area contributed by atoms with Gasteiger partial charge in [0.1, 0.15) is 0 Å². The highest BCUT2D eigenvalue weighted by molar-refractivity contribution is 7.98. The van der Waals surface area contributed by atoms with E-state index in [0.29, 0.717) is 0 Å². The van der Waals surface area contributed by atoms with E-state index in [-0.39, 0.29) is 11.9 Å². The van der Waals surface area contributed by atoms with Crippen molar-refractivity contribution in [3.8, 4) is 0 Å². The van der Waals surface area contributed by atoms with Crippen LogP contribution in [0.4, 0.5) is 5.69 Å². The Bertz CT molecular complexity index is 414. The van der Waals surface area contributed by atoms with Crippen molar-refractivity contribution in [1.29, 1.82) is 0 Å². The lowest BCUT2D eigenvalue weighted by Crippen LogP contribution is -2.40. The van der Waals surface area contributed by atoms with Gasteiger partial charge in [-0.05, 0) is 45.2 Å². The van der Waals surface area contributed by atoms with Crippen LogP contribution in [0.2, 0.25) is 0 Å². The van der Waals surface area contributed by atoms with Crippen LogP contribution in [0, 0.1) is 13.8 Å². The highest BCUT2D eigenvalue weighted by Crippen LogP contribution is 2.19. The Balaban J connectivity index is 2.69. The smallest absolute Gasteiger partial charge is 0.241 e. The lowest BCUT2D eigenvalue weighted by atomic mass is 10.1. The number of thioether (sulfide) groups is 1. The minimum Gasteiger partial charge on any atom is -0.324 e. The van der Waals surface area contributed by atoms with Gasteiger partial charge in [-0.1, -0.05) is 18.2 Å². The highest BCUT2D eigenvalue weighted by Gasteiger charge is 2.18. The van der Waals surface area contributed by atoms with E-state index in [4.69, 9.17) is 0 Å². The average molecular weight is 280 g/mol. The van der Waals surface area contributed by atoms with Crippen molar-refractivity contribution in [3.63, 3.8) is 0 Å². The Hall–Kier alpha value is -1.00. The molecule has 1 aromatic carbocycles. The van der Waals surface area contributed by atoms with E-state index in [2.05, 4.69) is 16.5 Å². The summed E-state index contributed by atoms with van der Waals surface area (Å²) in [5, 5.41) is 3.05. The predicted molar refractivity (Wildman–Crippen MR) is 85.0 cm³/mol. The molecule has 19 heavy (non-hydrogen) atoms. The molecule has 1 N–H and O–H groups in total. The van der Waals surface area contributed by atoms with Crippen molar-refractivity contribution in [1.82, 2.24) is 4.90 Å². The van der Waals surface area contributed by atoms with E-state index in [1.807, 2.05) is 46.0 Å². The second-order valence-electron chi connectivity index (χ2n) is 4.91. The zero-order valence-electron chi connectivity index (χ0n) is 12.5. The molecule has 0 spiro atoms. The summed E-state index contributed by atoms with van der Waals surface area (Å²) >= 11 is 1.79. The number of rotatable bonds is 6. The molecule has 0 bridgehead atoms. The number of anilines is 1. The molecule has 0 fully saturated rings. The number of carbonyl (C=O) groups is 1. The zero-order chi connectivity index (χ0) is 14.4. The summed E-state index contributed by atoms with van der Waals surface area (Å²) in [4.78, 5) is 14.3. The largest absolute Gasteiger partial charge is 0.324 e. The van der Waals surface area contributed by atoms with Gasteiger partial charge in [-0.3, -0.25) is 9.69 Å².